The molecule has 0 radical (unpaired) electrons. The third-order valence-electron chi connectivity index (χ3n) is 3.87. The molecule has 5 nitrogen and oxygen atoms in total. The Morgan fingerprint density at radius 1 is 1.21 bits per heavy atom. The molecule has 1 aromatic heterocycles. The van der Waals surface area contributed by atoms with Crippen LogP contribution in [-0.4, -0.2) is 49.0 Å². The summed E-state index contributed by atoms with van der Waals surface area (Å²) >= 11 is 0. The molecule has 0 saturated carbocycles. The molecule has 0 N–H and O–H groups in total. The summed E-state index contributed by atoms with van der Waals surface area (Å²) in [5.74, 6) is 1.45. The van der Waals surface area contributed by atoms with Gasteiger partial charge in [-0.15, -0.1) is 0 Å². The molecule has 0 aromatic carbocycles. The Labute approximate surface area is 113 Å². The molecule has 5 heteroatoms. The summed E-state index contributed by atoms with van der Waals surface area (Å²) in [6.07, 6.45) is 7.25. The van der Waals surface area contributed by atoms with Gasteiger partial charge in [0.15, 0.2) is 0 Å². The van der Waals surface area contributed by atoms with Crippen LogP contribution in [0.1, 0.15) is 19.3 Å². The molecule has 1 atom stereocenters. The van der Waals surface area contributed by atoms with E-state index in [9.17, 15) is 0 Å². The largest absolute Gasteiger partial charge is 0.381 e. The molecule has 2 aliphatic rings. The molecule has 2 aliphatic heterocycles. The van der Waals surface area contributed by atoms with Crippen molar-refractivity contribution in [2.24, 2.45) is 5.92 Å². The first-order valence-electron chi connectivity index (χ1n) is 7.13. The third kappa shape index (κ3) is 3.42. The van der Waals surface area contributed by atoms with Crippen LogP contribution in [0.15, 0.2) is 18.5 Å². The Morgan fingerprint density at radius 3 is 2.68 bits per heavy atom. The fourth-order valence-corrected chi connectivity index (χ4v) is 2.66. The van der Waals surface area contributed by atoms with Gasteiger partial charge in [0.2, 0.25) is 5.95 Å². The second-order valence-electron chi connectivity index (χ2n) is 5.30. The summed E-state index contributed by atoms with van der Waals surface area (Å²) in [4.78, 5) is 10.8. The van der Waals surface area contributed by atoms with Crippen LogP contribution in [0.5, 0.6) is 0 Å². The highest BCUT2D eigenvalue weighted by Gasteiger charge is 2.23. The van der Waals surface area contributed by atoms with Gasteiger partial charge in [0.25, 0.3) is 0 Å². The second kappa shape index (κ2) is 6.30. The SMILES string of the molecule is c1cnc(N2CCC(OCC3CCOC3)CC2)nc1. The second-order valence-corrected chi connectivity index (χ2v) is 5.30. The summed E-state index contributed by atoms with van der Waals surface area (Å²) < 4.78 is 11.4. The van der Waals surface area contributed by atoms with E-state index in [-0.39, 0.29) is 0 Å². The van der Waals surface area contributed by atoms with Crippen molar-refractivity contribution >= 4 is 5.95 Å². The quantitative estimate of drug-likeness (QED) is 0.824. The maximum atomic E-state index is 6.00. The van der Waals surface area contributed by atoms with Crippen molar-refractivity contribution in [1.82, 2.24) is 9.97 Å². The first kappa shape index (κ1) is 12.8. The first-order chi connectivity index (χ1) is 9.42. The summed E-state index contributed by atoms with van der Waals surface area (Å²) in [5, 5.41) is 0. The lowest BCUT2D eigenvalue weighted by atomic mass is 10.1. The van der Waals surface area contributed by atoms with Crippen molar-refractivity contribution in [2.45, 2.75) is 25.4 Å². The molecule has 3 rings (SSSR count). The molecule has 1 aromatic rings. The number of hydrogen-bond acceptors (Lipinski definition) is 5. The third-order valence-corrected chi connectivity index (χ3v) is 3.87. The standard InChI is InChI=1S/C14H21N3O2/c1-5-15-14(16-6-1)17-7-2-13(3-8-17)19-11-12-4-9-18-10-12/h1,5-6,12-13H,2-4,7-11H2. The molecular formula is C14H21N3O2. The summed E-state index contributed by atoms with van der Waals surface area (Å²) in [6.45, 7) is 4.59. The Bertz CT molecular complexity index is 374. The molecule has 3 heterocycles. The van der Waals surface area contributed by atoms with E-state index in [1.807, 2.05) is 6.07 Å². The maximum absolute atomic E-state index is 6.00. The predicted molar refractivity (Wildman–Crippen MR) is 72.1 cm³/mol. The zero-order chi connectivity index (χ0) is 12.9. The number of piperidine rings is 1. The Kier molecular flexibility index (Phi) is 4.25. The van der Waals surface area contributed by atoms with Gasteiger partial charge in [0, 0.05) is 38.0 Å². The van der Waals surface area contributed by atoms with Gasteiger partial charge >= 0.3 is 0 Å². The zero-order valence-corrected chi connectivity index (χ0v) is 11.2. The number of aromatic nitrogens is 2. The summed E-state index contributed by atoms with van der Waals surface area (Å²) in [5.41, 5.74) is 0. The van der Waals surface area contributed by atoms with Gasteiger partial charge in [-0.25, -0.2) is 9.97 Å². The number of nitrogens with zero attached hydrogens (tertiary/aromatic N) is 3. The minimum Gasteiger partial charge on any atom is -0.381 e. The van der Waals surface area contributed by atoms with E-state index in [1.54, 1.807) is 12.4 Å². The normalized spacial score (nSPS) is 24.8. The lowest BCUT2D eigenvalue weighted by molar-refractivity contribution is 0.0130. The van der Waals surface area contributed by atoms with E-state index in [2.05, 4.69) is 14.9 Å². The van der Waals surface area contributed by atoms with Gasteiger partial charge in [0.05, 0.1) is 19.3 Å². The highest BCUT2D eigenvalue weighted by Crippen LogP contribution is 2.20. The molecule has 104 valence electrons. The molecule has 2 fully saturated rings. The fraction of sp³-hybridized carbons (Fsp3) is 0.714. The van der Waals surface area contributed by atoms with Crippen molar-refractivity contribution in [1.29, 1.82) is 0 Å². The lowest BCUT2D eigenvalue weighted by Gasteiger charge is -2.32. The molecule has 0 bridgehead atoms. The van der Waals surface area contributed by atoms with E-state index in [1.165, 1.54) is 0 Å². The molecular weight excluding hydrogens is 242 g/mol. The summed E-state index contributed by atoms with van der Waals surface area (Å²) in [6, 6.07) is 1.85. The van der Waals surface area contributed by atoms with Gasteiger partial charge in [0.1, 0.15) is 0 Å². The Hall–Kier alpha value is -1.20. The van der Waals surface area contributed by atoms with Crippen molar-refractivity contribution in [3.63, 3.8) is 0 Å². The lowest BCUT2D eigenvalue weighted by Crippen LogP contribution is -2.38. The van der Waals surface area contributed by atoms with Crippen LogP contribution >= 0.6 is 0 Å². The average molecular weight is 263 g/mol. The van der Waals surface area contributed by atoms with E-state index in [0.717, 1.165) is 58.1 Å². The van der Waals surface area contributed by atoms with E-state index in [4.69, 9.17) is 9.47 Å². The van der Waals surface area contributed by atoms with Gasteiger partial charge in [-0.3, -0.25) is 0 Å². The highest BCUT2D eigenvalue weighted by molar-refractivity contribution is 5.28. The smallest absolute Gasteiger partial charge is 0.225 e. The minimum atomic E-state index is 0.389. The van der Waals surface area contributed by atoms with Crippen LogP contribution in [0.25, 0.3) is 0 Å². The molecule has 0 aliphatic carbocycles. The van der Waals surface area contributed by atoms with Crippen LogP contribution in [-0.2, 0) is 9.47 Å². The number of ether oxygens (including phenoxy) is 2. The van der Waals surface area contributed by atoms with E-state index < -0.39 is 0 Å². The van der Waals surface area contributed by atoms with Gasteiger partial charge < -0.3 is 14.4 Å². The number of rotatable bonds is 4. The molecule has 19 heavy (non-hydrogen) atoms. The number of hydrogen-bond donors (Lipinski definition) is 0. The summed E-state index contributed by atoms with van der Waals surface area (Å²) in [7, 11) is 0. The topological polar surface area (TPSA) is 47.5 Å². The molecule has 2 saturated heterocycles. The predicted octanol–water partition coefficient (Wildman–Crippen LogP) is 1.50. The van der Waals surface area contributed by atoms with Crippen molar-refractivity contribution in [3.8, 4) is 0 Å². The van der Waals surface area contributed by atoms with Gasteiger partial charge in [-0.2, -0.15) is 0 Å². The molecule has 0 amide bonds. The molecule has 1 unspecified atom stereocenters. The van der Waals surface area contributed by atoms with E-state index in [0.29, 0.717) is 12.0 Å². The van der Waals surface area contributed by atoms with Crippen molar-refractivity contribution in [3.05, 3.63) is 18.5 Å². The molecule has 0 spiro atoms. The van der Waals surface area contributed by atoms with Crippen LogP contribution in [0.3, 0.4) is 0 Å². The van der Waals surface area contributed by atoms with Gasteiger partial charge in [-0.05, 0) is 25.3 Å². The fourth-order valence-electron chi connectivity index (χ4n) is 2.66. The average Bonchev–Trinajstić information content (AvgIpc) is 3.00. The van der Waals surface area contributed by atoms with E-state index >= 15 is 0 Å². The van der Waals surface area contributed by atoms with Crippen LogP contribution in [0.4, 0.5) is 5.95 Å². The maximum Gasteiger partial charge on any atom is 0.225 e. The van der Waals surface area contributed by atoms with Crippen LogP contribution in [0.2, 0.25) is 0 Å². The van der Waals surface area contributed by atoms with Crippen molar-refractivity contribution in [2.75, 3.05) is 37.8 Å². The van der Waals surface area contributed by atoms with Gasteiger partial charge in [-0.1, -0.05) is 0 Å². The van der Waals surface area contributed by atoms with Crippen LogP contribution < -0.4 is 4.90 Å². The number of anilines is 1. The Morgan fingerprint density at radius 2 is 2.00 bits per heavy atom. The Balaban J connectivity index is 1.42. The monoisotopic (exact) mass is 263 g/mol. The minimum absolute atomic E-state index is 0.389. The first-order valence-corrected chi connectivity index (χ1v) is 7.13. The van der Waals surface area contributed by atoms with Crippen LogP contribution in [0, 0.1) is 5.92 Å². The van der Waals surface area contributed by atoms with Crippen molar-refractivity contribution < 1.29 is 9.47 Å². The highest BCUT2D eigenvalue weighted by atomic mass is 16.5. The zero-order valence-electron chi connectivity index (χ0n) is 11.2.